The highest BCUT2D eigenvalue weighted by atomic mass is 16.5. The van der Waals surface area contributed by atoms with Crippen molar-refractivity contribution in [3.8, 4) is 0 Å². The SMILES string of the molecule is COC1CCC(C(=O)C(N=Nc2ccccc2)C(=O)C(=O)O)CC1. The van der Waals surface area contributed by atoms with E-state index < -0.39 is 23.6 Å². The number of carboxylic acids is 1. The molecule has 1 N–H and O–H groups in total. The van der Waals surface area contributed by atoms with Gasteiger partial charge in [0.1, 0.15) is 0 Å². The van der Waals surface area contributed by atoms with Crippen molar-refractivity contribution in [1.29, 1.82) is 0 Å². The van der Waals surface area contributed by atoms with Crippen molar-refractivity contribution in [2.75, 3.05) is 7.11 Å². The van der Waals surface area contributed by atoms with Gasteiger partial charge in [-0.3, -0.25) is 9.59 Å². The normalized spacial score (nSPS) is 22.2. The quantitative estimate of drug-likeness (QED) is 0.469. The zero-order valence-electron chi connectivity index (χ0n) is 13.4. The summed E-state index contributed by atoms with van der Waals surface area (Å²) < 4.78 is 5.26. The molecule has 7 nitrogen and oxygen atoms in total. The molecule has 24 heavy (non-hydrogen) atoms. The van der Waals surface area contributed by atoms with Crippen molar-refractivity contribution >= 4 is 23.2 Å². The summed E-state index contributed by atoms with van der Waals surface area (Å²) in [5.41, 5.74) is 0.455. The standard InChI is InChI=1S/C17H20N2O5/c1-24-13-9-7-11(8-10-13)15(20)14(16(21)17(22)23)19-18-12-5-3-2-4-6-12/h2-6,11,13-14H,7-10H2,1H3,(H,22,23). The molecule has 2 rings (SSSR count). The van der Waals surface area contributed by atoms with Gasteiger partial charge in [0.05, 0.1) is 11.8 Å². The fourth-order valence-corrected chi connectivity index (χ4v) is 2.78. The van der Waals surface area contributed by atoms with Crippen LogP contribution >= 0.6 is 0 Å². The number of carbonyl (C=O) groups is 3. The van der Waals surface area contributed by atoms with Gasteiger partial charge in [-0.05, 0) is 37.8 Å². The number of nitrogens with zero attached hydrogens (tertiary/aromatic N) is 2. The molecule has 0 aliphatic heterocycles. The number of methoxy groups -OCH3 is 1. The minimum absolute atomic E-state index is 0.105. The molecule has 0 aromatic heterocycles. The van der Waals surface area contributed by atoms with Gasteiger partial charge in [-0.2, -0.15) is 10.2 Å². The number of carbonyl (C=O) groups excluding carboxylic acids is 2. The number of azo groups is 1. The molecule has 0 spiro atoms. The van der Waals surface area contributed by atoms with Gasteiger partial charge in [-0.25, -0.2) is 4.79 Å². The van der Waals surface area contributed by atoms with Crippen molar-refractivity contribution in [2.45, 2.75) is 37.8 Å². The van der Waals surface area contributed by atoms with Crippen LogP contribution in [0.25, 0.3) is 0 Å². The molecule has 0 amide bonds. The van der Waals surface area contributed by atoms with Crippen LogP contribution in [0.15, 0.2) is 40.6 Å². The van der Waals surface area contributed by atoms with E-state index in [1.54, 1.807) is 37.4 Å². The van der Waals surface area contributed by atoms with Crippen LogP contribution in [0.1, 0.15) is 25.7 Å². The Balaban J connectivity index is 2.14. The Morgan fingerprint density at radius 1 is 1.12 bits per heavy atom. The van der Waals surface area contributed by atoms with Crippen LogP contribution in [0.2, 0.25) is 0 Å². The molecule has 1 unspecified atom stereocenters. The average Bonchev–Trinajstić information content (AvgIpc) is 2.62. The van der Waals surface area contributed by atoms with E-state index in [9.17, 15) is 14.4 Å². The molecule has 1 saturated carbocycles. The van der Waals surface area contributed by atoms with Crippen LogP contribution in [0.3, 0.4) is 0 Å². The number of rotatable bonds is 7. The van der Waals surface area contributed by atoms with Crippen LogP contribution in [-0.4, -0.2) is 41.9 Å². The lowest BCUT2D eigenvalue weighted by atomic mass is 9.82. The molecule has 1 aromatic carbocycles. The zero-order chi connectivity index (χ0) is 17.5. The maximum Gasteiger partial charge on any atom is 0.375 e. The van der Waals surface area contributed by atoms with Crippen LogP contribution in [0, 0.1) is 5.92 Å². The summed E-state index contributed by atoms with van der Waals surface area (Å²) in [6, 6.07) is 6.97. The molecule has 1 aliphatic rings. The molecule has 7 heteroatoms. The maximum atomic E-state index is 12.6. The molecule has 0 heterocycles. The first-order valence-electron chi connectivity index (χ1n) is 7.82. The van der Waals surface area contributed by atoms with Crippen molar-refractivity contribution in [2.24, 2.45) is 16.1 Å². The molecule has 1 fully saturated rings. The first-order valence-corrected chi connectivity index (χ1v) is 7.82. The van der Waals surface area contributed by atoms with Crippen LogP contribution in [-0.2, 0) is 19.1 Å². The van der Waals surface area contributed by atoms with E-state index in [1.165, 1.54) is 0 Å². The second-order valence-corrected chi connectivity index (χ2v) is 5.73. The Hall–Kier alpha value is -2.41. The van der Waals surface area contributed by atoms with Gasteiger partial charge >= 0.3 is 5.97 Å². The van der Waals surface area contributed by atoms with Crippen molar-refractivity contribution in [3.63, 3.8) is 0 Å². The van der Waals surface area contributed by atoms with E-state index in [2.05, 4.69) is 10.2 Å². The summed E-state index contributed by atoms with van der Waals surface area (Å²) in [4.78, 5) is 35.5. The lowest BCUT2D eigenvalue weighted by molar-refractivity contribution is -0.151. The molecular weight excluding hydrogens is 312 g/mol. The molecule has 1 aliphatic carbocycles. The summed E-state index contributed by atoms with van der Waals surface area (Å²) in [5.74, 6) is -3.78. The number of hydrogen-bond acceptors (Lipinski definition) is 6. The molecule has 1 aromatic rings. The number of carboxylic acid groups (broad SMARTS) is 1. The zero-order valence-corrected chi connectivity index (χ0v) is 13.4. The number of aliphatic carboxylic acids is 1. The van der Waals surface area contributed by atoms with Crippen molar-refractivity contribution in [1.82, 2.24) is 0 Å². The number of Topliss-reactive ketones (excluding diaryl/α,β-unsaturated/α-hetero) is 2. The highest BCUT2D eigenvalue weighted by Gasteiger charge is 2.37. The number of ketones is 2. The average molecular weight is 332 g/mol. The lowest BCUT2D eigenvalue weighted by Gasteiger charge is -2.27. The number of ether oxygens (including phenoxy) is 1. The second-order valence-electron chi connectivity index (χ2n) is 5.73. The van der Waals surface area contributed by atoms with E-state index in [0.29, 0.717) is 31.4 Å². The van der Waals surface area contributed by atoms with Gasteiger partial charge in [-0.15, -0.1) is 0 Å². The maximum absolute atomic E-state index is 12.6. The van der Waals surface area contributed by atoms with Gasteiger partial charge in [0.2, 0.25) is 0 Å². The van der Waals surface area contributed by atoms with Crippen LogP contribution in [0.5, 0.6) is 0 Å². The molecule has 0 radical (unpaired) electrons. The summed E-state index contributed by atoms with van der Waals surface area (Å²) in [5, 5.41) is 16.5. The number of benzene rings is 1. The smallest absolute Gasteiger partial charge is 0.375 e. The summed E-state index contributed by atoms with van der Waals surface area (Å²) in [6.45, 7) is 0. The third-order valence-electron chi connectivity index (χ3n) is 4.18. The van der Waals surface area contributed by atoms with Gasteiger partial charge < -0.3 is 9.84 Å². The lowest BCUT2D eigenvalue weighted by Crippen LogP contribution is -2.39. The van der Waals surface area contributed by atoms with E-state index in [0.717, 1.165) is 0 Å². The Morgan fingerprint density at radius 2 is 1.75 bits per heavy atom. The fourth-order valence-electron chi connectivity index (χ4n) is 2.78. The largest absolute Gasteiger partial charge is 0.475 e. The van der Waals surface area contributed by atoms with Gasteiger partial charge in [-0.1, -0.05) is 18.2 Å². The Labute approximate surface area is 139 Å². The third-order valence-corrected chi connectivity index (χ3v) is 4.18. The van der Waals surface area contributed by atoms with Crippen LogP contribution in [0.4, 0.5) is 5.69 Å². The Kier molecular flexibility index (Phi) is 6.31. The highest BCUT2D eigenvalue weighted by Crippen LogP contribution is 2.28. The fraction of sp³-hybridized carbons (Fsp3) is 0.471. The summed E-state index contributed by atoms with van der Waals surface area (Å²) >= 11 is 0. The Bertz CT molecular complexity index is 621. The van der Waals surface area contributed by atoms with E-state index >= 15 is 0 Å². The first kappa shape index (κ1) is 17.9. The van der Waals surface area contributed by atoms with Crippen LogP contribution < -0.4 is 0 Å². The van der Waals surface area contributed by atoms with Gasteiger partial charge in [0.15, 0.2) is 11.8 Å². The predicted molar refractivity (Wildman–Crippen MR) is 85.2 cm³/mol. The van der Waals surface area contributed by atoms with E-state index in [4.69, 9.17) is 9.84 Å². The molecule has 0 bridgehead atoms. The molecule has 1 atom stereocenters. The minimum Gasteiger partial charge on any atom is -0.475 e. The van der Waals surface area contributed by atoms with E-state index in [1.807, 2.05) is 0 Å². The Morgan fingerprint density at radius 3 is 2.29 bits per heavy atom. The molecule has 0 saturated heterocycles. The van der Waals surface area contributed by atoms with Gasteiger partial charge in [0, 0.05) is 13.0 Å². The summed E-state index contributed by atoms with van der Waals surface area (Å²) in [7, 11) is 1.62. The molecule has 128 valence electrons. The minimum atomic E-state index is -1.68. The first-order chi connectivity index (χ1) is 11.5. The third kappa shape index (κ3) is 4.55. The van der Waals surface area contributed by atoms with Crippen molar-refractivity contribution in [3.05, 3.63) is 30.3 Å². The number of hydrogen-bond donors (Lipinski definition) is 1. The predicted octanol–water partition coefficient (Wildman–Crippen LogP) is 2.57. The monoisotopic (exact) mass is 332 g/mol. The van der Waals surface area contributed by atoms with E-state index in [-0.39, 0.29) is 12.0 Å². The topological polar surface area (TPSA) is 105 Å². The summed E-state index contributed by atoms with van der Waals surface area (Å²) in [6.07, 6.45) is 2.63. The van der Waals surface area contributed by atoms with Gasteiger partial charge in [0.25, 0.3) is 5.78 Å². The second kappa shape index (κ2) is 8.44. The molecular formula is C17H20N2O5. The van der Waals surface area contributed by atoms with Crippen molar-refractivity contribution < 1.29 is 24.2 Å². The highest BCUT2D eigenvalue weighted by molar-refractivity contribution is 6.39.